The van der Waals surface area contributed by atoms with Crippen LogP contribution < -0.4 is 10.1 Å². The topological polar surface area (TPSA) is 68.6 Å². The number of benzene rings is 1. The molecule has 3 rings (SSSR count). The zero-order chi connectivity index (χ0) is 17.6. The Morgan fingerprint density at radius 1 is 1.52 bits per heavy atom. The van der Waals surface area contributed by atoms with E-state index in [-0.39, 0.29) is 12.0 Å². The Labute approximate surface area is 147 Å². The van der Waals surface area contributed by atoms with Crippen molar-refractivity contribution in [2.75, 3.05) is 33.9 Å². The van der Waals surface area contributed by atoms with E-state index in [1.54, 1.807) is 22.9 Å². The Morgan fingerprint density at radius 3 is 3.16 bits per heavy atom. The first-order valence-corrected chi connectivity index (χ1v) is 8.40. The lowest BCUT2D eigenvalue weighted by molar-refractivity contribution is -0.133. The molecule has 0 aliphatic carbocycles. The molecule has 0 bridgehead atoms. The molecule has 0 spiro atoms. The Kier molecular flexibility index (Phi) is 5.67. The zero-order valence-electron chi connectivity index (χ0n) is 14.6. The second-order valence-corrected chi connectivity index (χ2v) is 6.15. The van der Waals surface area contributed by atoms with Gasteiger partial charge in [0.2, 0.25) is 5.91 Å². The molecular formula is C18H24N4O3. The highest BCUT2D eigenvalue weighted by molar-refractivity contribution is 5.76. The third-order valence-electron chi connectivity index (χ3n) is 4.21. The van der Waals surface area contributed by atoms with Crippen molar-refractivity contribution in [1.82, 2.24) is 20.0 Å². The van der Waals surface area contributed by atoms with E-state index in [1.807, 2.05) is 37.5 Å². The Morgan fingerprint density at radius 2 is 2.40 bits per heavy atom. The van der Waals surface area contributed by atoms with Crippen LogP contribution in [0.4, 0.5) is 0 Å². The summed E-state index contributed by atoms with van der Waals surface area (Å²) < 4.78 is 12.6. The third kappa shape index (κ3) is 4.58. The number of carbonyl (C=O) groups is 1. The number of morpholine rings is 1. The number of nitrogens with one attached hydrogen (secondary N) is 1. The van der Waals surface area contributed by atoms with E-state index in [1.165, 1.54) is 0 Å². The minimum atomic E-state index is -0.0387. The van der Waals surface area contributed by atoms with Crippen LogP contribution in [0, 0.1) is 0 Å². The maximum Gasteiger partial charge on any atom is 0.225 e. The number of methoxy groups -OCH3 is 1. The van der Waals surface area contributed by atoms with Gasteiger partial charge in [-0.05, 0) is 12.1 Å². The summed E-state index contributed by atoms with van der Waals surface area (Å²) >= 11 is 0. The fourth-order valence-electron chi connectivity index (χ4n) is 2.80. The summed E-state index contributed by atoms with van der Waals surface area (Å²) in [7, 11) is 3.45. The Hall–Kier alpha value is -2.38. The van der Waals surface area contributed by atoms with Gasteiger partial charge in [0.1, 0.15) is 5.75 Å². The molecule has 1 aromatic heterocycles. The monoisotopic (exact) mass is 344 g/mol. The van der Waals surface area contributed by atoms with Crippen LogP contribution in [0.15, 0.2) is 36.7 Å². The number of nitrogens with zero attached hydrogens (tertiary/aromatic N) is 3. The van der Waals surface area contributed by atoms with E-state index >= 15 is 0 Å². The van der Waals surface area contributed by atoms with Gasteiger partial charge in [-0.25, -0.2) is 4.68 Å². The standard InChI is InChI=1S/C18H24N4O3/c1-21(18(23)9-17-11-19-6-7-25-17)12-14-10-20-22(13-14)15-4-3-5-16(8-15)24-2/h3-5,8,10,13,17,19H,6-7,9,11-12H2,1-2H3. The van der Waals surface area contributed by atoms with Crippen molar-refractivity contribution >= 4 is 5.91 Å². The van der Waals surface area contributed by atoms with Crippen LogP contribution in [-0.2, 0) is 16.1 Å². The first-order chi connectivity index (χ1) is 12.2. The molecule has 0 radical (unpaired) electrons. The van der Waals surface area contributed by atoms with Gasteiger partial charge >= 0.3 is 0 Å². The SMILES string of the molecule is COc1cccc(-n2cc(CN(C)C(=O)CC3CNCCO3)cn2)c1. The van der Waals surface area contributed by atoms with Gasteiger partial charge < -0.3 is 19.7 Å². The lowest BCUT2D eigenvalue weighted by atomic mass is 10.2. The highest BCUT2D eigenvalue weighted by Crippen LogP contribution is 2.17. The summed E-state index contributed by atoms with van der Waals surface area (Å²) in [5, 5.41) is 7.62. The highest BCUT2D eigenvalue weighted by Gasteiger charge is 2.20. The largest absolute Gasteiger partial charge is 0.497 e. The molecular weight excluding hydrogens is 320 g/mol. The summed E-state index contributed by atoms with van der Waals surface area (Å²) in [4.78, 5) is 14.1. The molecule has 1 unspecified atom stereocenters. The van der Waals surface area contributed by atoms with Crippen molar-refractivity contribution in [2.24, 2.45) is 0 Å². The average Bonchev–Trinajstić information content (AvgIpc) is 3.11. The van der Waals surface area contributed by atoms with Gasteiger partial charge in [-0.15, -0.1) is 0 Å². The van der Waals surface area contributed by atoms with Crippen LogP contribution in [0.5, 0.6) is 5.75 Å². The molecule has 1 aromatic carbocycles. The summed E-state index contributed by atoms with van der Waals surface area (Å²) in [5.74, 6) is 0.853. The number of amides is 1. The summed E-state index contributed by atoms with van der Waals surface area (Å²) in [6.07, 6.45) is 4.07. The van der Waals surface area contributed by atoms with Gasteiger partial charge in [-0.3, -0.25) is 4.79 Å². The van der Waals surface area contributed by atoms with Gasteiger partial charge in [0.15, 0.2) is 0 Å². The third-order valence-corrected chi connectivity index (χ3v) is 4.21. The van der Waals surface area contributed by atoms with Crippen molar-refractivity contribution in [3.63, 3.8) is 0 Å². The molecule has 7 heteroatoms. The number of ether oxygens (including phenoxy) is 2. The second-order valence-electron chi connectivity index (χ2n) is 6.15. The number of hydrogen-bond acceptors (Lipinski definition) is 5. The maximum absolute atomic E-state index is 12.4. The van der Waals surface area contributed by atoms with Gasteiger partial charge in [0, 0.05) is 44.5 Å². The van der Waals surface area contributed by atoms with Crippen molar-refractivity contribution in [3.05, 3.63) is 42.2 Å². The Balaban J connectivity index is 1.59. The lowest BCUT2D eigenvalue weighted by Gasteiger charge is -2.25. The summed E-state index contributed by atoms with van der Waals surface area (Å²) in [6.45, 7) is 2.76. The first-order valence-electron chi connectivity index (χ1n) is 8.40. The highest BCUT2D eigenvalue weighted by atomic mass is 16.5. The molecule has 2 heterocycles. The van der Waals surface area contributed by atoms with Crippen molar-refractivity contribution in [2.45, 2.75) is 19.1 Å². The number of rotatable bonds is 6. The number of carbonyl (C=O) groups excluding carboxylic acids is 1. The van der Waals surface area contributed by atoms with Crippen LogP contribution in [0.1, 0.15) is 12.0 Å². The molecule has 134 valence electrons. The van der Waals surface area contributed by atoms with E-state index in [9.17, 15) is 4.79 Å². The molecule has 1 saturated heterocycles. The minimum absolute atomic E-state index is 0.0387. The van der Waals surface area contributed by atoms with Gasteiger partial charge in [0.05, 0.1) is 38.1 Å². The van der Waals surface area contributed by atoms with Crippen molar-refractivity contribution in [1.29, 1.82) is 0 Å². The van der Waals surface area contributed by atoms with Gasteiger partial charge in [0.25, 0.3) is 0 Å². The smallest absolute Gasteiger partial charge is 0.225 e. The predicted molar refractivity (Wildman–Crippen MR) is 93.8 cm³/mol. The van der Waals surface area contributed by atoms with Crippen LogP contribution in [0.25, 0.3) is 5.69 Å². The van der Waals surface area contributed by atoms with E-state index in [0.29, 0.717) is 19.6 Å². The molecule has 1 N–H and O–H groups in total. The van der Waals surface area contributed by atoms with Gasteiger partial charge in [-0.1, -0.05) is 6.07 Å². The molecule has 7 nitrogen and oxygen atoms in total. The molecule has 1 atom stereocenters. The van der Waals surface area contributed by atoms with Crippen LogP contribution in [-0.4, -0.2) is 60.5 Å². The quantitative estimate of drug-likeness (QED) is 0.853. The van der Waals surface area contributed by atoms with E-state index in [2.05, 4.69) is 10.4 Å². The molecule has 1 fully saturated rings. The van der Waals surface area contributed by atoms with Gasteiger partial charge in [-0.2, -0.15) is 5.10 Å². The molecule has 1 aliphatic heterocycles. The molecule has 1 amide bonds. The van der Waals surface area contributed by atoms with Crippen molar-refractivity contribution in [3.8, 4) is 11.4 Å². The van der Waals surface area contributed by atoms with Crippen molar-refractivity contribution < 1.29 is 14.3 Å². The maximum atomic E-state index is 12.4. The minimum Gasteiger partial charge on any atom is -0.497 e. The average molecular weight is 344 g/mol. The zero-order valence-corrected chi connectivity index (χ0v) is 14.6. The molecule has 25 heavy (non-hydrogen) atoms. The summed E-state index contributed by atoms with van der Waals surface area (Å²) in [5.41, 5.74) is 1.89. The fourth-order valence-corrected chi connectivity index (χ4v) is 2.80. The Bertz CT molecular complexity index is 710. The predicted octanol–water partition coefficient (Wildman–Crippen LogP) is 1.22. The lowest BCUT2D eigenvalue weighted by Crippen LogP contribution is -2.41. The van der Waals surface area contributed by atoms with E-state index in [4.69, 9.17) is 9.47 Å². The van der Waals surface area contributed by atoms with E-state index in [0.717, 1.165) is 30.1 Å². The van der Waals surface area contributed by atoms with Crippen LogP contribution in [0.2, 0.25) is 0 Å². The molecule has 2 aromatic rings. The number of aromatic nitrogens is 2. The van der Waals surface area contributed by atoms with E-state index < -0.39 is 0 Å². The summed E-state index contributed by atoms with van der Waals surface area (Å²) in [6, 6.07) is 7.69. The normalized spacial score (nSPS) is 17.3. The first kappa shape index (κ1) is 17.4. The molecule has 1 aliphatic rings. The number of hydrogen-bond donors (Lipinski definition) is 1. The van der Waals surface area contributed by atoms with Crippen LogP contribution >= 0.6 is 0 Å². The fraction of sp³-hybridized carbons (Fsp3) is 0.444. The van der Waals surface area contributed by atoms with Crippen LogP contribution in [0.3, 0.4) is 0 Å². The second kappa shape index (κ2) is 8.13. The molecule has 0 saturated carbocycles.